The molecule has 0 saturated carbocycles. The van der Waals surface area contributed by atoms with Gasteiger partial charge in [0.15, 0.2) is 36.2 Å². The number of carbonyl (C=O) groups is 8. The summed E-state index contributed by atoms with van der Waals surface area (Å²) >= 11 is 7.34. The number of hydrogen-bond acceptors (Lipinski definition) is 28. The van der Waals surface area contributed by atoms with E-state index in [4.69, 9.17) is 66.7 Å². The highest BCUT2D eigenvalue weighted by Gasteiger charge is 2.52. The fraction of sp³-hybridized carbons (Fsp3) is 0.479. The molecule has 13 rings (SSSR count). The van der Waals surface area contributed by atoms with Gasteiger partial charge in [0.05, 0.1) is 48.5 Å². The number of carboxylic acids is 1. The van der Waals surface area contributed by atoms with Crippen LogP contribution in [0.2, 0.25) is 5.02 Å². The highest BCUT2D eigenvalue weighted by molar-refractivity contribution is 6.32. The topological polar surface area (TPSA) is 575 Å². The van der Waals surface area contributed by atoms with Crippen molar-refractivity contribution in [3.05, 3.63) is 118 Å². The number of amides is 7. The second-order valence-corrected chi connectivity index (χ2v) is 29.5. The fourth-order valence-corrected chi connectivity index (χ4v) is 14.4. The van der Waals surface area contributed by atoms with Crippen LogP contribution in [0.15, 0.2) is 84.9 Å². The van der Waals surface area contributed by atoms with Gasteiger partial charge in [-0.1, -0.05) is 49.7 Å². The van der Waals surface area contributed by atoms with Crippen LogP contribution in [0.4, 0.5) is 0 Å². The molecule has 0 aromatic heterocycles. The molecule has 0 unspecified atom stereocenters. The molecule has 5 aromatic rings. The molecule has 23 N–H and O–H groups in total. The molecule has 3 fully saturated rings. The van der Waals surface area contributed by atoms with E-state index in [1.54, 1.807) is 0 Å². The minimum Gasteiger partial charge on any atom is -0.508 e. The van der Waals surface area contributed by atoms with E-state index >= 15 is 19.2 Å². The summed E-state index contributed by atoms with van der Waals surface area (Å²) in [5.41, 5.74) is 13.5. The Morgan fingerprint density at radius 2 is 1.27 bits per heavy atom. The van der Waals surface area contributed by atoms with Crippen molar-refractivity contribution in [1.29, 1.82) is 0 Å². The van der Waals surface area contributed by atoms with Gasteiger partial charge < -0.3 is 143 Å². The molecule has 11 bridgehead atoms. The Bertz CT molecular complexity index is 4350. The number of nitrogens with one attached hydrogen (secondary N) is 7. The molecule has 22 atom stereocenters. The first-order chi connectivity index (χ1) is 51.8. The van der Waals surface area contributed by atoms with Crippen molar-refractivity contribution in [3.8, 4) is 57.1 Å². The molecule has 8 aliphatic rings. The van der Waals surface area contributed by atoms with Crippen LogP contribution in [0.1, 0.15) is 125 Å². The summed E-state index contributed by atoms with van der Waals surface area (Å²) in [4.78, 5) is 120. The van der Waals surface area contributed by atoms with Crippen LogP contribution in [0.25, 0.3) is 11.1 Å². The van der Waals surface area contributed by atoms with Crippen molar-refractivity contribution in [3.63, 3.8) is 0 Å². The molecule has 8 aliphatic heterocycles. The first-order valence-electron chi connectivity index (χ1n) is 35.2. The van der Waals surface area contributed by atoms with Gasteiger partial charge in [-0.25, -0.2) is 4.79 Å². The maximum absolute atomic E-state index is 16.3. The van der Waals surface area contributed by atoms with Gasteiger partial charge in [0.1, 0.15) is 89.5 Å². The van der Waals surface area contributed by atoms with E-state index in [2.05, 4.69) is 37.2 Å². The van der Waals surface area contributed by atoms with E-state index in [1.807, 2.05) is 13.8 Å². The van der Waals surface area contributed by atoms with Crippen LogP contribution in [0.5, 0.6) is 46.0 Å². The molecular formula is C73H89ClN10O26. The Labute approximate surface area is 633 Å². The molecular weight excluding hydrogens is 1470 g/mol. The van der Waals surface area contributed by atoms with Gasteiger partial charge in [-0.3, -0.25) is 33.6 Å². The number of primary amides is 1. The highest BCUT2D eigenvalue weighted by atomic mass is 35.5. The first kappa shape index (κ1) is 81.4. The third-order valence-corrected chi connectivity index (χ3v) is 20.4. The number of ether oxygens (including phenoxy) is 8. The number of rotatable bonds is 15. The lowest BCUT2D eigenvalue weighted by Gasteiger charge is -2.47. The van der Waals surface area contributed by atoms with Crippen LogP contribution in [0, 0.1) is 5.92 Å². The fourth-order valence-electron chi connectivity index (χ4n) is 14.2. The number of fused-ring (bicyclic) bond motifs is 15. The lowest BCUT2D eigenvalue weighted by atomic mass is 9.86. The van der Waals surface area contributed by atoms with Crippen molar-refractivity contribution in [2.75, 3.05) is 13.7 Å². The number of hydrogen-bond donors (Lipinski definition) is 20. The molecule has 37 heteroatoms. The van der Waals surface area contributed by atoms with E-state index in [0.717, 1.165) is 42.5 Å². The number of aromatic hydroxyl groups is 3. The minimum absolute atomic E-state index is 0.0558. The van der Waals surface area contributed by atoms with Gasteiger partial charge in [-0.2, -0.15) is 0 Å². The van der Waals surface area contributed by atoms with Crippen molar-refractivity contribution in [2.45, 2.75) is 201 Å². The quantitative estimate of drug-likeness (QED) is 0.0639. The largest absolute Gasteiger partial charge is 0.508 e. The Kier molecular flexibility index (Phi) is 24.2. The number of aliphatic hydroxyl groups excluding tert-OH is 6. The number of phenolic OH excluding ortho intramolecular Hbond substituents is 3. The van der Waals surface area contributed by atoms with Gasteiger partial charge in [0.2, 0.25) is 53.4 Å². The molecule has 7 amide bonds. The maximum atomic E-state index is 16.3. The SMILES string of the molecule is CN[C@H](CC(C)C)C(=O)N[C@H]1C(=O)N[C@@H](CC(N)=O)C(=O)N[C@H]2C(=O)N[C@H]3C(=O)N[C@H](C(=O)N[C@H](C(=O)O)c4cc(O)cc(O)c4-c4cc3ccc4O)[C@H](O[C@H]3C[C@](C)(N)[C@@H](O)[C@H](C)O3)c3ccc(c(Cl)c3)Oc3cc2cc(c3O[C@@H]2O[C@H](CO)[C@@H](O)[C@H](O)[C@H]2O[C@H]2C[C@](C)(N)[C@@H](O)[C@H](C)O2)Oc2ccc(cc2)[C@H]1O. The number of halogens is 1. The third-order valence-electron chi connectivity index (χ3n) is 20.1. The lowest BCUT2D eigenvalue weighted by molar-refractivity contribution is -0.333. The standard InChI is InChI=1S/C73H89ClN10O26/c1-27(2)16-39(78-7)64(95)83-54-56(90)30-8-12-35(13-9-30)105-44-19-33-20-45(60(44)110-71-61(58(92)57(91)46(26-85)107-71)109-49-25-73(6,77)63(94)29(4)104-49)106-43-15-11-32(18-38(43)74)59(108-48-24-72(5,76)62(93)28(3)103-48)55-69(100)82-53(70(101)102)37-21-34(86)22-42(88)50(37)36-17-31(10-14-41(36)87)51(66(97)84-55)81-67(98)52(33)80-65(96)40(23-47(75)89)79-68(54)99/h8-15,17-22,27-29,39-40,46,48-49,51-59,61-63,71,78,85-88,90-94H,16,23-26,76-77H2,1-7H3,(H2,75,89)(H,79,99)(H,80,96)(H,81,98)(H,82,100)(H,83,95)(H,84,97)(H,101,102)/t28-,29-,39+,40-,46+,48-,49-,51+,52+,53-,54+,55-,56+,57+,58-,59+,61+,62-,63-,71-,72-,73-/m0/s1. The molecule has 0 spiro atoms. The monoisotopic (exact) mass is 1560 g/mol. The summed E-state index contributed by atoms with van der Waals surface area (Å²) in [5.74, 6) is -15.5. The van der Waals surface area contributed by atoms with Crippen LogP contribution in [-0.2, 0) is 62.0 Å². The van der Waals surface area contributed by atoms with Gasteiger partial charge in [0.25, 0.3) is 0 Å². The number of phenols is 3. The van der Waals surface area contributed by atoms with Crippen LogP contribution < -0.4 is 68.6 Å². The van der Waals surface area contributed by atoms with E-state index in [9.17, 15) is 70.2 Å². The number of benzene rings is 5. The maximum Gasteiger partial charge on any atom is 0.330 e. The summed E-state index contributed by atoms with van der Waals surface area (Å²) in [6.07, 6.45) is -22.4. The predicted octanol–water partition coefficient (Wildman–Crippen LogP) is -0.310. The second-order valence-electron chi connectivity index (χ2n) is 29.1. The molecule has 36 nitrogen and oxygen atoms in total. The zero-order valence-electron chi connectivity index (χ0n) is 60.4. The molecule has 0 aliphatic carbocycles. The molecule has 594 valence electrons. The number of aliphatic hydroxyl groups is 6. The van der Waals surface area contributed by atoms with Gasteiger partial charge >= 0.3 is 5.97 Å². The van der Waals surface area contributed by atoms with Crippen molar-refractivity contribution < 1.29 is 127 Å². The van der Waals surface area contributed by atoms with E-state index in [1.165, 1.54) is 77.2 Å². The lowest BCUT2D eigenvalue weighted by Crippen LogP contribution is -2.64. The van der Waals surface area contributed by atoms with Gasteiger partial charge in [-0.05, 0) is 124 Å². The smallest absolute Gasteiger partial charge is 0.330 e. The molecule has 5 aromatic carbocycles. The summed E-state index contributed by atoms with van der Waals surface area (Å²) in [7, 11) is 1.49. The Morgan fingerprint density at radius 1 is 0.673 bits per heavy atom. The minimum atomic E-state index is -2.34. The second kappa shape index (κ2) is 32.8. The number of carboxylic acid groups (broad SMARTS) is 1. The number of carbonyl (C=O) groups excluding carboxylic acids is 7. The summed E-state index contributed by atoms with van der Waals surface area (Å²) in [5, 5.41) is 132. The Balaban J connectivity index is 1.18. The summed E-state index contributed by atoms with van der Waals surface area (Å²) < 4.78 is 51.7. The van der Waals surface area contributed by atoms with Crippen LogP contribution in [-0.4, -0.2) is 215 Å². The van der Waals surface area contributed by atoms with E-state index in [0.29, 0.717) is 0 Å². The summed E-state index contributed by atoms with van der Waals surface area (Å²) in [6.45, 7) is 8.65. The number of nitrogens with two attached hydrogens (primary N) is 3. The summed E-state index contributed by atoms with van der Waals surface area (Å²) in [6, 6.07) is 1.50. The predicted molar refractivity (Wildman–Crippen MR) is 381 cm³/mol. The number of likely N-dealkylation sites (N-methyl/N-ethyl adjacent to an activating group) is 1. The van der Waals surface area contributed by atoms with Crippen LogP contribution >= 0.6 is 11.6 Å². The zero-order chi connectivity index (χ0) is 80.0. The molecule has 110 heavy (non-hydrogen) atoms. The van der Waals surface area contributed by atoms with E-state index in [-0.39, 0.29) is 53.4 Å². The van der Waals surface area contributed by atoms with Crippen molar-refractivity contribution >= 4 is 58.9 Å². The van der Waals surface area contributed by atoms with Gasteiger partial charge in [-0.15, -0.1) is 0 Å². The van der Waals surface area contributed by atoms with Gasteiger partial charge in [0, 0.05) is 46.7 Å². The molecule has 8 heterocycles. The molecule has 0 radical (unpaired) electrons. The zero-order valence-corrected chi connectivity index (χ0v) is 61.1. The van der Waals surface area contributed by atoms with Crippen molar-refractivity contribution in [2.24, 2.45) is 23.1 Å². The molecule has 3 saturated heterocycles. The average molecular weight is 1560 g/mol. The normalized spacial score (nSPS) is 32.2. The van der Waals surface area contributed by atoms with E-state index < -0.39 is 255 Å². The Morgan fingerprint density at radius 3 is 1.87 bits per heavy atom. The third kappa shape index (κ3) is 17.3. The van der Waals surface area contributed by atoms with Crippen molar-refractivity contribution in [1.82, 2.24) is 37.2 Å². The average Bonchev–Trinajstić information content (AvgIpc) is 0.766. The Hall–Kier alpha value is -9.61. The first-order valence-corrected chi connectivity index (χ1v) is 35.6. The number of aliphatic carboxylic acids is 1. The highest BCUT2D eigenvalue weighted by Crippen LogP contribution is 2.50. The van der Waals surface area contributed by atoms with Crippen LogP contribution in [0.3, 0.4) is 0 Å².